The molecule has 0 saturated heterocycles. The molecule has 2 aromatic rings. The summed E-state index contributed by atoms with van der Waals surface area (Å²) in [5.74, 6) is 0. The number of furan rings is 1. The lowest BCUT2D eigenvalue weighted by atomic mass is 10.1. The van der Waals surface area contributed by atoms with Gasteiger partial charge >= 0.3 is 0 Å². The molecule has 0 radical (unpaired) electrons. The summed E-state index contributed by atoms with van der Waals surface area (Å²) >= 11 is 1.70. The monoisotopic (exact) mass is 208 g/mol. The average Bonchev–Trinajstić information content (AvgIpc) is 2.73. The highest BCUT2D eigenvalue weighted by atomic mass is 32.1. The summed E-state index contributed by atoms with van der Waals surface area (Å²) in [5, 5.41) is 10.0. The summed E-state index contributed by atoms with van der Waals surface area (Å²) in [6.45, 7) is 4.07. The fraction of sp³-hybridized carbons (Fsp3) is 0.273. The minimum atomic E-state index is -0.557. The molecule has 0 fully saturated rings. The second kappa shape index (κ2) is 3.59. The van der Waals surface area contributed by atoms with Crippen LogP contribution in [-0.4, -0.2) is 5.11 Å². The molecule has 0 aliphatic heterocycles. The highest BCUT2D eigenvalue weighted by Gasteiger charge is 2.15. The molecule has 0 saturated carbocycles. The molecule has 3 heteroatoms. The van der Waals surface area contributed by atoms with Gasteiger partial charge in [-0.05, 0) is 31.5 Å². The van der Waals surface area contributed by atoms with Gasteiger partial charge in [-0.1, -0.05) is 0 Å². The normalized spacial score (nSPS) is 13.1. The van der Waals surface area contributed by atoms with Crippen LogP contribution in [0.15, 0.2) is 29.1 Å². The predicted octanol–water partition coefficient (Wildman–Crippen LogP) is 3.04. The number of thiophene rings is 1. The van der Waals surface area contributed by atoms with Crippen molar-refractivity contribution in [1.29, 1.82) is 0 Å². The Bertz CT molecular complexity index is 414. The van der Waals surface area contributed by atoms with Gasteiger partial charge in [-0.15, -0.1) is 11.3 Å². The first-order valence-electron chi connectivity index (χ1n) is 4.45. The molecule has 0 bridgehead atoms. The van der Waals surface area contributed by atoms with Crippen LogP contribution in [-0.2, 0) is 0 Å². The molecule has 0 aliphatic rings. The fourth-order valence-corrected chi connectivity index (χ4v) is 2.49. The molecule has 1 N–H and O–H groups in total. The van der Waals surface area contributed by atoms with Gasteiger partial charge in [-0.25, -0.2) is 0 Å². The Morgan fingerprint density at radius 3 is 2.71 bits per heavy atom. The third-order valence-corrected chi connectivity index (χ3v) is 3.21. The molecule has 0 aliphatic carbocycles. The van der Waals surface area contributed by atoms with E-state index in [-0.39, 0.29) is 0 Å². The zero-order chi connectivity index (χ0) is 10.1. The van der Waals surface area contributed by atoms with E-state index in [0.717, 1.165) is 16.0 Å². The number of hydrogen-bond acceptors (Lipinski definition) is 3. The molecule has 14 heavy (non-hydrogen) atoms. The van der Waals surface area contributed by atoms with Crippen LogP contribution in [0, 0.1) is 13.8 Å². The van der Waals surface area contributed by atoms with Crippen molar-refractivity contribution in [3.8, 4) is 0 Å². The van der Waals surface area contributed by atoms with Gasteiger partial charge in [0.25, 0.3) is 0 Å². The first-order valence-corrected chi connectivity index (χ1v) is 5.27. The summed E-state index contributed by atoms with van der Waals surface area (Å²) in [6.07, 6.45) is 2.60. The van der Waals surface area contributed by atoms with Crippen molar-refractivity contribution in [2.24, 2.45) is 0 Å². The van der Waals surface area contributed by atoms with Gasteiger partial charge in [-0.3, -0.25) is 0 Å². The van der Waals surface area contributed by atoms with Gasteiger partial charge in [0.05, 0.1) is 12.5 Å². The Balaban J connectivity index is 2.36. The van der Waals surface area contributed by atoms with E-state index in [2.05, 4.69) is 0 Å². The number of aliphatic hydroxyl groups is 1. The molecule has 74 valence electrons. The first-order chi connectivity index (χ1) is 6.68. The smallest absolute Gasteiger partial charge is 0.108 e. The molecule has 0 aromatic carbocycles. The Morgan fingerprint density at radius 2 is 2.21 bits per heavy atom. The van der Waals surface area contributed by atoms with E-state index in [4.69, 9.17) is 4.42 Å². The molecule has 2 heterocycles. The highest BCUT2D eigenvalue weighted by Crippen LogP contribution is 2.30. The van der Waals surface area contributed by atoms with E-state index in [1.807, 2.05) is 19.9 Å². The standard InChI is InChI=1S/C11H12O2S/c1-7-5-10(8(2)14-7)11(12)9-3-4-13-6-9/h3-6,11-12H,1-2H3. The number of hydrogen-bond donors (Lipinski definition) is 1. The zero-order valence-corrected chi connectivity index (χ0v) is 8.97. The molecule has 2 aromatic heterocycles. The van der Waals surface area contributed by atoms with Crippen molar-refractivity contribution >= 4 is 11.3 Å². The summed E-state index contributed by atoms with van der Waals surface area (Å²) in [5.41, 5.74) is 1.79. The predicted molar refractivity (Wildman–Crippen MR) is 56.6 cm³/mol. The van der Waals surface area contributed by atoms with Gasteiger partial charge in [-0.2, -0.15) is 0 Å². The maximum absolute atomic E-state index is 10.0. The second-order valence-electron chi connectivity index (χ2n) is 3.33. The Hall–Kier alpha value is -1.06. The lowest BCUT2D eigenvalue weighted by Gasteiger charge is -2.06. The summed E-state index contributed by atoms with van der Waals surface area (Å²) in [6, 6.07) is 3.81. The van der Waals surface area contributed by atoms with Crippen LogP contribution in [0.25, 0.3) is 0 Å². The maximum Gasteiger partial charge on any atom is 0.108 e. The van der Waals surface area contributed by atoms with E-state index in [0.29, 0.717) is 0 Å². The number of aliphatic hydroxyl groups excluding tert-OH is 1. The summed E-state index contributed by atoms with van der Waals surface area (Å²) in [7, 11) is 0. The molecule has 1 unspecified atom stereocenters. The third kappa shape index (κ3) is 1.61. The van der Waals surface area contributed by atoms with Crippen molar-refractivity contribution in [1.82, 2.24) is 0 Å². The minimum Gasteiger partial charge on any atom is -0.472 e. The molecular formula is C11H12O2S. The number of aryl methyl sites for hydroxylation is 2. The lowest BCUT2D eigenvalue weighted by Crippen LogP contribution is -1.97. The molecule has 0 amide bonds. The van der Waals surface area contributed by atoms with Crippen LogP contribution in [0.1, 0.15) is 27.0 Å². The van der Waals surface area contributed by atoms with Gasteiger partial charge in [0.1, 0.15) is 6.10 Å². The molecule has 0 spiro atoms. The van der Waals surface area contributed by atoms with Crippen molar-refractivity contribution in [2.75, 3.05) is 0 Å². The Kier molecular flexibility index (Phi) is 2.44. The third-order valence-electron chi connectivity index (χ3n) is 2.23. The minimum absolute atomic E-state index is 0.557. The largest absolute Gasteiger partial charge is 0.472 e. The lowest BCUT2D eigenvalue weighted by molar-refractivity contribution is 0.219. The van der Waals surface area contributed by atoms with Crippen molar-refractivity contribution in [3.63, 3.8) is 0 Å². The van der Waals surface area contributed by atoms with Crippen LogP contribution < -0.4 is 0 Å². The molecule has 1 atom stereocenters. The molecule has 2 nitrogen and oxygen atoms in total. The summed E-state index contributed by atoms with van der Waals surface area (Å²) in [4.78, 5) is 2.39. The van der Waals surface area contributed by atoms with Crippen LogP contribution in [0.2, 0.25) is 0 Å². The van der Waals surface area contributed by atoms with Crippen LogP contribution in [0.4, 0.5) is 0 Å². The average molecular weight is 208 g/mol. The number of rotatable bonds is 2. The van der Waals surface area contributed by atoms with E-state index in [1.54, 1.807) is 29.9 Å². The molecule has 2 rings (SSSR count). The van der Waals surface area contributed by atoms with Crippen LogP contribution >= 0.6 is 11.3 Å². The maximum atomic E-state index is 10.0. The quantitative estimate of drug-likeness (QED) is 0.823. The van der Waals surface area contributed by atoms with Gasteiger partial charge in [0.2, 0.25) is 0 Å². The van der Waals surface area contributed by atoms with Crippen LogP contribution in [0.3, 0.4) is 0 Å². The van der Waals surface area contributed by atoms with Gasteiger partial charge < -0.3 is 9.52 Å². The van der Waals surface area contributed by atoms with E-state index in [9.17, 15) is 5.11 Å². The van der Waals surface area contributed by atoms with E-state index >= 15 is 0 Å². The van der Waals surface area contributed by atoms with Crippen molar-refractivity contribution < 1.29 is 9.52 Å². The topological polar surface area (TPSA) is 33.4 Å². The zero-order valence-electron chi connectivity index (χ0n) is 8.15. The van der Waals surface area contributed by atoms with Crippen molar-refractivity contribution in [2.45, 2.75) is 20.0 Å². The Morgan fingerprint density at radius 1 is 1.43 bits per heavy atom. The Labute approximate surface area is 86.8 Å². The fourth-order valence-electron chi connectivity index (χ4n) is 1.53. The molecular weight excluding hydrogens is 196 g/mol. The highest BCUT2D eigenvalue weighted by molar-refractivity contribution is 7.12. The van der Waals surface area contributed by atoms with Crippen LogP contribution in [0.5, 0.6) is 0 Å². The van der Waals surface area contributed by atoms with E-state index < -0.39 is 6.10 Å². The van der Waals surface area contributed by atoms with Gasteiger partial charge in [0, 0.05) is 15.3 Å². The second-order valence-corrected chi connectivity index (χ2v) is 4.79. The first kappa shape index (κ1) is 9.49. The van der Waals surface area contributed by atoms with Crippen molar-refractivity contribution in [3.05, 3.63) is 45.5 Å². The SMILES string of the molecule is Cc1cc(C(O)c2ccoc2)c(C)s1. The van der Waals surface area contributed by atoms with Gasteiger partial charge in [0.15, 0.2) is 0 Å². The van der Waals surface area contributed by atoms with E-state index in [1.165, 1.54) is 4.88 Å². The summed E-state index contributed by atoms with van der Waals surface area (Å²) < 4.78 is 4.95.